The van der Waals surface area contributed by atoms with E-state index in [1.54, 1.807) is 13.8 Å². The first-order chi connectivity index (χ1) is 8.25. The van der Waals surface area contributed by atoms with Crippen LogP contribution < -0.4 is 5.32 Å². The first-order valence-electron chi connectivity index (χ1n) is 6.00. The molecule has 1 amide bonds. The molecule has 6 nitrogen and oxygen atoms in total. The molecule has 1 heterocycles. The average Bonchev–Trinajstić information content (AvgIpc) is 2.23. The van der Waals surface area contributed by atoms with Crippen LogP contribution in [0.15, 0.2) is 0 Å². The number of carbonyl (C=O) groups is 2. The molecule has 0 aromatic heterocycles. The van der Waals surface area contributed by atoms with Crippen molar-refractivity contribution in [1.29, 1.82) is 0 Å². The van der Waals surface area contributed by atoms with Crippen LogP contribution in [0.25, 0.3) is 0 Å². The Morgan fingerprint density at radius 1 is 1.28 bits per heavy atom. The highest BCUT2D eigenvalue weighted by Crippen LogP contribution is 2.20. The second-order valence-electron chi connectivity index (χ2n) is 4.92. The van der Waals surface area contributed by atoms with Crippen LogP contribution >= 0.6 is 0 Å². The molecule has 0 radical (unpaired) electrons. The summed E-state index contributed by atoms with van der Waals surface area (Å²) in [7, 11) is -3.42. The van der Waals surface area contributed by atoms with Gasteiger partial charge in [-0.15, -0.1) is 0 Å². The summed E-state index contributed by atoms with van der Waals surface area (Å²) in [4.78, 5) is 22.8. The summed E-state index contributed by atoms with van der Waals surface area (Å²) in [6.45, 7) is 3.32. The number of sulfone groups is 1. The van der Waals surface area contributed by atoms with E-state index in [0.717, 1.165) is 0 Å². The van der Waals surface area contributed by atoms with Crippen LogP contribution in [0.4, 0.5) is 0 Å². The first kappa shape index (κ1) is 14.9. The molecule has 104 valence electrons. The van der Waals surface area contributed by atoms with Gasteiger partial charge in [0.1, 0.15) is 11.3 Å². The zero-order valence-electron chi connectivity index (χ0n) is 10.5. The van der Waals surface area contributed by atoms with Crippen molar-refractivity contribution in [2.75, 3.05) is 5.75 Å². The predicted molar refractivity (Wildman–Crippen MR) is 65.8 cm³/mol. The van der Waals surface area contributed by atoms with E-state index in [9.17, 15) is 18.0 Å². The molecule has 0 aliphatic carbocycles. The van der Waals surface area contributed by atoms with E-state index in [-0.39, 0.29) is 18.1 Å². The minimum atomic E-state index is -3.42. The van der Waals surface area contributed by atoms with Crippen LogP contribution in [0.3, 0.4) is 0 Å². The van der Waals surface area contributed by atoms with E-state index in [1.165, 1.54) is 0 Å². The molecule has 1 rings (SSSR count). The second-order valence-corrected chi connectivity index (χ2v) is 7.22. The van der Waals surface area contributed by atoms with Gasteiger partial charge in [0.2, 0.25) is 5.91 Å². The molecule has 0 saturated carbocycles. The third-order valence-electron chi connectivity index (χ3n) is 3.10. The molecule has 0 bridgehead atoms. The van der Waals surface area contributed by atoms with Crippen molar-refractivity contribution in [2.45, 2.75) is 44.4 Å². The van der Waals surface area contributed by atoms with Gasteiger partial charge in [-0.05, 0) is 18.8 Å². The van der Waals surface area contributed by atoms with Crippen LogP contribution in [-0.4, -0.2) is 42.4 Å². The smallest absolute Gasteiger partial charge is 0.326 e. The molecule has 0 aromatic rings. The lowest BCUT2D eigenvalue weighted by molar-refractivity contribution is -0.143. The van der Waals surface area contributed by atoms with E-state index in [4.69, 9.17) is 5.11 Å². The number of nitrogens with one attached hydrogen (secondary N) is 1. The topological polar surface area (TPSA) is 101 Å². The maximum Gasteiger partial charge on any atom is 0.326 e. The molecule has 1 aliphatic rings. The monoisotopic (exact) mass is 277 g/mol. The summed E-state index contributed by atoms with van der Waals surface area (Å²) in [5, 5.41) is 10.2. The fourth-order valence-corrected chi connectivity index (χ4v) is 3.82. The number of aliphatic carboxylic acids is 1. The lowest BCUT2D eigenvalue weighted by Crippen LogP contribution is -2.51. The van der Waals surface area contributed by atoms with Crippen molar-refractivity contribution in [2.24, 2.45) is 5.92 Å². The highest BCUT2D eigenvalue weighted by molar-refractivity contribution is 7.92. The molecule has 2 unspecified atom stereocenters. The number of carbonyl (C=O) groups excluding carboxylic acids is 1. The third-order valence-corrected chi connectivity index (χ3v) is 5.28. The molecule has 2 atom stereocenters. The minimum absolute atomic E-state index is 0.00447. The van der Waals surface area contributed by atoms with Crippen LogP contribution in [0, 0.1) is 5.92 Å². The van der Waals surface area contributed by atoms with E-state index in [2.05, 4.69) is 5.32 Å². The molecule has 7 heteroatoms. The molecule has 18 heavy (non-hydrogen) atoms. The Morgan fingerprint density at radius 3 is 2.33 bits per heavy atom. The van der Waals surface area contributed by atoms with E-state index in [0.29, 0.717) is 12.8 Å². The first-order valence-corrected chi connectivity index (χ1v) is 7.72. The number of amides is 1. The van der Waals surface area contributed by atoms with Crippen molar-refractivity contribution in [1.82, 2.24) is 5.32 Å². The second kappa shape index (κ2) is 5.69. The average molecular weight is 277 g/mol. The van der Waals surface area contributed by atoms with Gasteiger partial charge < -0.3 is 10.4 Å². The van der Waals surface area contributed by atoms with Crippen molar-refractivity contribution >= 4 is 21.7 Å². The standard InChI is InChI=1S/C11H19NO5S/c1-7(2)9(11(14)15)12-10(13)8-5-3-4-6-18(8,16)17/h7-9H,3-6H2,1-2H3,(H,12,13)(H,14,15). The Morgan fingerprint density at radius 2 is 1.89 bits per heavy atom. The van der Waals surface area contributed by atoms with Crippen LogP contribution in [0.2, 0.25) is 0 Å². The molecular formula is C11H19NO5S. The van der Waals surface area contributed by atoms with Crippen LogP contribution in [-0.2, 0) is 19.4 Å². The number of hydrogen-bond acceptors (Lipinski definition) is 4. The molecule has 1 saturated heterocycles. The van der Waals surface area contributed by atoms with Crippen molar-refractivity contribution in [3.63, 3.8) is 0 Å². The Bertz CT molecular complexity index is 429. The van der Waals surface area contributed by atoms with Crippen LogP contribution in [0.5, 0.6) is 0 Å². The van der Waals surface area contributed by atoms with Gasteiger partial charge >= 0.3 is 5.97 Å². The largest absolute Gasteiger partial charge is 0.480 e. The van der Waals surface area contributed by atoms with Crippen molar-refractivity contribution in [3.8, 4) is 0 Å². The third kappa shape index (κ3) is 3.44. The van der Waals surface area contributed by atoms with Gasteiger partial charge in [-0.25, -0.2) is 13.2 Å². The minimum Gasteiger partial charge on any atom is -0.480 e. The maximum atomic E-state index is 11.9. The van der Waals surface area contributed by atoms with Gasteiger partial charge in [-0.1, -0.05) is 20.3 Å². The van der Waals surface area contributed by atoms with Gasteiger partial charge in [-0.3, -0.25) is 4.79 Å². The molecule has 2 N–H and O–H groups in total. The van der Waals surface area contributed by atoms with E-state index < -0.39 is 33.0 Å². The highest BCUT2D eigenvalue weighted by Gasteiger charge is 2.37. The molecular weight excluding hydrogens is 258 g/mol. The summed E-state index contributed by atoms with van der Waals surface area (Å²) in [5.74, 6) is -2.12. The molecule has 0 spiro atoms. The van der Waals surface area contributed by atoms with Crippen LogP contribution in [0.1, 0.15) is 33.1 Å². The summed E-state index contributed by atoms with van der Waals surface area (Å²) >= 11 is 0. The summed E-state index contributed by atoms with van der Waals surface area (Å²) in [6.07, 6.45) is 1.52. The van der Waals surface area contributed by atoms with Crippen molar-refractivity contribution in [3.05, 3.63) is 0 Å². The molecule has 1 aliphatic heterocycles. The fraction of sp³-hybridized carbons (Fsp3) is 0.818. The lowest BCUT2D eigenvalue weighted by atomic mass is 10.0. The van der Waals surface area contributed by atoms with Gasteiger partial charge in [0.25, 0.3) is 0 Å². The normalized spacial score (nSPS) is 24.5. The number of rotatable bonds is 4. The van der Waals surface area contributed by atoms with E-state index in [1.807, 2.05) is 0 Å². The zero-order valence-corrected chi connectivity index (χ0v) is 11.4. The summed E-state index contributed by atoms with van der Waals surface area (Å²) < 4.78 is 23.5. The highest BCUT2D eigenvalue weighted by atomic mass is 32.2. The zero-order chi connectivity index (χ0) is 13.9. The quantitative estimate of drug-likeness (QED) is 0.763. The Balaban J connectivity index is 2.78. The van der Waals surface area contributed by atoms with Crippen molar-refractivity contribution < 1.29 is 23.1 Å². The van der Waals surface area contributed by atoms with Gasteiger partial charge in [-0.2, -0.15) is 0 Å². The summed E-state index contributed by atoms with van der Waals surface area (Å²) in [5.41, 5.74) is 0. The SMILES string of the molecule is CC(C)C(NC(=O)C1CCCCS1(=O)=O)C(=O)O. The number of carboxylic acids is 1. The fourth-order valence-electron chi connectivity index (χ4n) is 2.01. The maximum absolute atomic E-state index is 11.9. The summed E-state index contributed by atoms with van der Waals surface area (Å²) in [6, 6.07) is -1.05. The lowest BCUT2D eigenvalue weighted by Gasteiger charge is -2.24. The number of hydrogen-bond donors (Lipinski definition) is 2. The van der Waals surface area contributed by atoms with E-state index >= 15 is 0 Å². The molecule has 1 fully saturated rings. The Hall–Kier alpha value is -1.11. The van der Waals surface area contributed by atoms with Gasteiger partial charge in [0.15, 0.2) is 9.84 Å². The Kier molecular flexibility index (Phi) is 4.72. The Labute approximate surface area is 107 Å². The molecule has 0 aromatic carbocycles. The van der Waals surface area contributed by atoms with Gasteiger partial charge in [0, 0.05) is 0 Å². The van der Waals surface area contributed by atoms with Gasteiger partial charge in [0.05, 0.1) is 5.75 Å². The number of carboxylic acid groups (broad SMARTS) is 1. The predicted octanol–water partition coefficient (Wildman–Crippen LogP) is 0.179.